The Labute approximate surface area is 159 Å². The number of amides is 1. The smallest absolute Gasteiger partial charge is 0.254 e. The van der Waals surface area contributed by atoms with Crippen LogP contribution >= 0.6 is 0 Å². The Bertz CT molecular complexity index is 804. The first-order valence-corrected chi connectivity index (χ1v) is 9.69. The maximum atomic E-state index is 14.3. The van der Waals surface area contributed by atoms with E-state index in [4.69, 9.17) is 4.74 Å². The van der Waals surface area contributed by atoms with E-state index >= 15 is 0 Å². The standard InChI is InChI=1S/C22H25FN2O2/c23-21-10-4-3-8-19(21)18-7-1-2-9-20(18)22(26)25-11-5-6-17(16-25)24-12-14-27-15-13-24/h1-4,7-10,17H,5-6,11-16H2. The quantitative estimate of drug-likeness (QED) is 0.832. The van der Waals surface area contributed by atoms with Gasteiger partial charge in [0.25, 0.3) is 5.91 Å². The highest BCUT2D eigenvalue weighted by molar-refractivity contribution is 6.01. The zero-order valence-corrected chi connectivity index (χ0v) is 15.4. The van der Waals surface area contributed by atoms with Crippen molar-refractivity contribution in [1.82, 2.24) is 9.80 Å². The highest BCUT2D eigenvalue weighted by atomic mass is 19.1. The molecule has 2 aliphatic rings. The number of morpholine rings is 1. The van der Waals surface area contributed by atoms with Crippen LogP contribution in [0.25, 0.3) is 11.1 Å². The molecule has 2 heterocycles. The summed E-state index contributed by atoms with van der Waals surface area (Å²) in [5, 5.41) is 0. The minimum Gasteiger partial charge on any atom is -0.379 e. The number of carbonyl (C=O) groups excluding carboxylic acids is 1. The summed E-state index contributed by atoms with van der Waals surface area (Å²) in [5.41, 5.74) is 1.71. The second kappa shape index (κ2) is 8.19. The Morgan fingerprint density at radius 3 is 2.44 bits per heavy atom. The molecule has 2 aromatic rings. The van der Waals surface area contributed by atoms with Crippen LogP contribution in [0.1, 0.15) is 23.2 Å². The topological polar surface area (TPSA) is 32.8 Å². The van der Waals surface area contributed by atoms with E-state index in [2.05, 4.69) is 4.90 Å². The van der Waals surface area contributed by atoms with Crippen LogP contribution in [-0.2, 0) is 4.74 Å². The number of hydrogen-bond donors (Lipinski definition) is 0. The number of likely N-dealkylation sites (tertiary alicyclic amines) is 1. The molecule has 1 amide bonds. The van der Waals surface area contributed by atoms with Gasteiger partial charge >= 0.3 is 0 Å². The maximum absolute atomic E-state index is 14.3. The van der Waals surface area contributed by atoms with Gasteiger partial charge in [-0.05, 0) is 30.5 Å². The first-order chi connectivity index (χ1) is 13.2. The lowest BCUT2D eigenvalue weighted by molar-refractivity contribution is -0.00119. The lowest BCUT2D eigenvalue weighted by atomic mass is 9.96. The molecule has 1 atom stereocenters. The first kappa shape index (κ1) is 18.1. The van der Waals surface area contributed by atoms with Crippen molar-refractivity contribution in [3.05, 3.63) is 59.9 Å². The molecule has 0 N–H and O–H groups in total. The molecule has 0 spiro atoms. The number of piperidine rings is 1. The summed E-state index contributed by atoms with van der Waals surface area (Å²) in [5.74, 6) is -0.311. The van der Waals surface area contributed by atoms with E-state index in [1.54, 1.807) is 18.2 Å². The fraction of sp³-hybridized carbons (Fsp3) is 0.409. The zero-order chi connectivity index (χ0) is 18.6. The molecule has 0 radical (unpaired) electrons. The van der Waals surface area contributed by atoms with Gasteiger partial charge in [-0.3, -0.25) is 9.69 Å². The largest absolute Gasteiger partial charge is 0.379 e. The summed E-state index contributed by atoms with van der Waals surface area (Å²) in [4.78, 5) is 17.7. The maximum Gasteiger partial charge on any atom is 0.254 e. The van der Waals surface area contributed by atoms with Crippen LogP contribution in [0.2, 0.25) is 0 Å². The highest BCUT2D eigenvalue weighted by Gasteiger charge is 2.30. The minimum atomic E-state index is -0.303. The van der Waals surface area contributed by atoms with Crippen molar-refractivity contribution < 1.29 is 13.9 Å². The molecule has 2 saturated heterocycles. The zero-order valence-electron chi connectivity index (χ0n) is 15.4. The van der Waals surface area contributed by atoms with Gasteiger partial charge in [0.2, 0.25) is 0 Å². The number of halogens is 1. The summed E-state index contributed by atoms with van der Waals surface area (Å²) in [6, 6.07) is 14.4. The van der Waals surface area contributed by atoms with Crippen LogP contribution in [-0.4, -0.2) is 61.1 Å². The predicted octanol–water partition coefficient (Wildman–Crippen LogP) is 3.43. The van der Waals surface area contributed by atoms with Crippen LogP contribution in [0.15, 0.2) is 48.5 Å². The van der Waals surface area contributed by atoms with Crippen LogP contribution in [0.5, 0.6) is 0 Å². The van der Waals surface area contributed by atoms with E-state index in [0.29, 0.717) is 22.7 Å². The molecule has 2 aromatic carbocycles. The van der Waals surface area contributed by atoms with E-state index in [-0.39, 0.29) is 11.7 Å². The SMILES string of the molecule is O=C(c1ccccc1-c1ccccc1F)N1CCCC(N2CCOCC2)C1. The van der Waals surface area contributed by atoms with Crippen molar-refractivity contribution in [2.45, 2.75) is 18.9 Å². The number of benzene rings is 2. The van der Waals surface area contributed by atoms with Gasteiger partial charge in [0.15, 0.2) is 0 Å². The highest BCUT2D eigenvalue weighted by Crippen LogP contribution is 2.28. The summed E-state index contributed by atoms with van der Waals surface area (Å²) >= 11 is 0. The second-order valence-corrected chi connectivity index (χ2v) is 7.22. The lowest BCUT2D eigenvalue weighted by Crippen LogP contribution is -2.52. The summed E-state index contributed by atoms with van der Waals surface area (Å²) in [7, 11) is 0. The Morgan fingerprint density at radius 2 is 1.67 bits per heavy atom. The summed E-state index contributed by atoms with van der Waals surface area (Å²) < 4.78 is 19.8. The fourth-order valence-electron chi connectivity index (χ4n) is 4.13. The van der Waals surface area contributed by atoms with E-state index in [1.165, 1.54) is 6.07 Å². The Balaban J connectivity index is 1.57. The van der Waals surface area contributed by atoms with Gasteiger partial charge in [-0.15, -0.1) is 0 Å². The fourth-order valence-corrected chi connectivity index (χ4v) is 4.13. The molecule has 0 aliphatic carbocycles. The second-order valence-electron chi connectivity index (χ2n) is 7.22. The van der Waals surface area contributed by atoms with Gasteiger partial charge in [-0.25, -0.2) is 4.39 Å². The van der Waals surface area contributed by atoms with Gasteiger partial charge in [0.1, 0.15) is 5.82 Å². The number of hydrogen-bond acceptors (Lipinski definition) is 3. The Morgan fingerprint density at radius 1 is 0.963 bits per heavy atom. The molecule has 5 heteroatoms. The van der Waals surface area contributed by atoms with Gasteiger partial charge in [0.05, 0.1) is 13.2 Å². The van der Waals surface area contributed by atoms with E-state index < -0.39 is 0 Å². The van der Waals surface area contributed by atoms with Crippen LogP contribution in [0, 0.1) is 5.82 Å². The average molecular weight is 368 g/mol. The predicted molar refractivity (Wildman–Crippen MR) is 103 cm³/mol. The van der Waals surface area contributed by atoms with Gasteiger partial charge in [0, 0.05) is 43.3 Å². The molecule has 0 saturated carbocycles. The van der Waals surface area contributed by atoms with Crippen LogP contribution in [0.3, 0.4) is 0 Å². The van der Waals surface area contributed by atoms with E-state index in [0.717, 1.165) is 52.2 Å². The van der Waals surface area contributed by atoms with Crippen molar-refractivity contribution in [1.29, 1.82) is 0 Å². The van der Waals surface area contributed by atoms with E-state index in [9.17, 15) is 9.18 Å². The molecule has 1 unspecified atom stereocenters. The molecule has 0 aromatic heterocycles. The molecule has 4 rings (SSSR count). The summed E-state index contributed by atoms with van der Waals surface area (Å²) in [6.45, 7) is 4.87. The molecule has 0 bridgehead atoms. The normalized spacial score (nSPS) is 21.2. The third-order valence-corrected chi connectivity index (χ3v) is 5.57. The number of ether oxygens (including phenoxy) is 1. The van der Waals surface area contributed by atoms with Crippen molar-refractivity contribution >= 4 is 5.91 Å². The van der Waals surface area contributed by atoms with Crippen molar-refractivity contribution in [2.24, 2.45) is 0 Å². The molecule has 142 valence electrons. The average Bonchev–Trinajstić information content (AvgIpc) is 2.74. The molecule has 4 nitrogen and oxygen atoms in total. The van der Waals surface area contributed by atoms with Crippen molar-refractivity contribution in [2.75, 3.05) is 39.4 Å². The Hall–Kier alpha value is -2.24. The third kappa shape index (κ3) is 3.89. The molecule has 2 aliphatic heterocycles. The minimum absolute atomic E-state index is 0.00758. The van der Waals surface area contributed by atoms with Gasteiger partial charge in [-0.1, -0.05) is 36.4 Å². The van der Waals surface area contributed by atoms with Crippen LogP contribution in [0.4, 0.5) is 4.39 Å². The molecule has 27 heavy (non-hydrogen) atoms. The van der Waals surface area contributed by atoms with E-state index in [1.807, 2.05) is 29.2 Å². The van der Waals surface area contributed by atoms with Gasteiger partial charge in [-0.2, -0.15) is 0 Å². The molecular weight excluding hydrogens is 343 g/mol. The third-order valence-electron chi connectivity index (χ3n) is 5.57. The number of rotatable bonds is 3. The Kier molecular flexibility index (Phi) is 5.50. The molecular formula is C22H25FN2O2. The molecule has 2 fully saturated rings. The van der Waals surface area contributed by atoms with Crippen molar-refractivity contribution in [3.8, 4) is 11.1 Å². The first-order valence-electron chi connectivity index (χ1n) is 9.69. The van der Waals surface area contributed by atoms with Crippen molar-refractivity contribution in [3.63, 3.8) is 0 Å². The number of carbonyl (C=O) groups is 1. The van der Waals surface area contributed by atoms with Gasteiger partial charge < -0.3 is 9.64 Å². The lowest BCUT2D eigenvalue weighted by Gasteiger charge is -2.41. The monoisotopic (exact) mass is 368 g/mol. The summed E-state index contributed by atoms with van der Waals surface area (Å²) in [6.07, 6.45) is 2.11. The number of nitrogens with zero attached hydrogens (tertiary/aromatic N) is 2. The van der Waals surface area contributed by atoms with Crippen LogP contribution < -0.4 is 0 Å².